The van der Waals surface area contributed by atoms with E-state index in [1.807, 2.05) is 24.3 Å². The molecule has 1 fully saturated rings. The lowest BCUT2D eigenvalue weighted by molar-refractivity contribution is -0.144. The molecule has 3 N–H and O–H groups in total. The fraction of sp³-hybridized carbons (Fsp3) is 0.444. The molecule has 4 rings (SSSR count). The van der Waals surface area contributed by atoms with Crippen LogP contribution in [0.3, 0.4) is 0 Å². The number of ether oxygens (including phenoxy) is 2. The molecule has 0 radical (unpaired) electrons. The van der Waals surface area contributed by atoms with Crippen LogP contribution < -0.4 is 10.6 Å². The molecule has 2 aromatic rings. The van der Waals surface area contributed by atoms with Gasteiger partial charge in [0.15, 0.2) is 6.04 Å². The third kappa shape index (κ3) is 5.65. The Hall–Kier alpha value is -3.39. The Morgan fingerprint density at radius 1 is 1.00 bits per heavy atom. The van der Waals surface area contributed by atoms with Crippen molar-refractivity contribution in [1.29, 1.82) is 0 Å². The Labute approximate surface area is 205 Å². The van der Waals surface area contributed by atoms with Gasteiger partial charge in [0.2, 0.25) is 5.91 Å². The third-order valence-corrected chi connectivity index (χ3v) is 7.05. The van der Waals surface area contributed by atoms with Crippen LogP contribution in [0.5, 0.6) is 0 Å². The molecule has 186 valence electrons. The minimum Gasteiger partial charge on any atom is -0.480 e. The molecular formula is C27H32N2O6. The fourth-order valence-corrected chi connectivity index (χ4v) is 5.28. The summed E-state index contributed by atoms with van der Waals surface area (Å²) in [6.45, 7) is 0.430. The molecule has 0 unspecified atom stereocenters. The van der Waals surface area contributed by atoms with Gasteiger partial charge in [-0.05, 0) is 41.0 Å². The molecule has 2 aliphatic rings. The summed E-state index contributed by atoms with van der Waals surface area (Å²) in [6, 6.07) is 15.2. The number of rotatable bonds is 9. The fourth-order valence-electron chi connectivity index (χ4n) is 5.28. The van der Waals surface area contributed by atoms with Gasteiger partial charge in [-0.3, -0.25) is 4.79 Å². The lowest BCUT2D eigenvalue weighted by Gasteiger charge is -2.31. The van der Waals surface area contributed by atoms with Crippen molar-refractivity contribution in [3.8, 4) is 11.1 Å². The first kappa shape index (κ1) is 24.7. The van der Waals surface area contributed by atoms with E-state index in [9.17, 15) is 19.5 Å². The molecule has 2 aromatic carbocycles. The predicted molar refractivity (Wildman–Crippen MR) is 130 cm³/mol. The zero-order valence-corrected chi connectivity index (χ0v) is 19.9. The third-order valence-electron chi connectivity index (χ3n) is 7.05. The molecule has 1 saturated carbocycles. The lowest BCUT2D eigenvalue weighted by atomic mass is 9.78. The van der Waals surface area contributed by atoms with Crippen molar-refractivity contribution in [2.24, 2.45) is 11.8 Å². The van der Waals surface area contributed by atoms with Gasteiger partial charge < -0.3 is 25.2 Å². The number of aliphatic carboxylic acids is 1. The van der Waals surface area contributed by atoms with Crippen molar-refractivity contribution >= 4 is 18.0 Å². The summed E-state index contributed by atoms with van der Waals surface area (Å²) in [5, 5.41) is 14.7. The number of methoxy groups -OCH3 is 1. The molecule has 0 saturated heterocycles. The van der Waals surface area contributed by atoms with Crippen LogP contribution in [-0.4, -0.2) is 56.0 Å². The number of carbonyl (C=O) groups excluding carboxylic acids is 2. The van der Waals surface area contributed by atoms with Crippen molar-refractivity contribution in [2.45, 2.75) is 37.6 Å². The Balaban J connectivity index is 1.32. The Kier molecular flexibility index (Phi) is 8.02. The van der Waals surface area contributed by atoms with E-state index < -0.39 is 18.1 Å². The Morgan fingerprint density at radius 3 is 2.26 bits per heavy atom. The highest BCUT2D eigenvalue weighted by Gasteiger charge is 2.34. The summed E-state index contributed by atoms with van der Waals surface area (Å²) in [4.78, 5) is 36.7. The van der Waals surface area contributed by atoms with Crippen LogP contribution in [0.2, 0.25) is 0 Å². The van der Waals surface area contributed by atoms with Crippen molar-refractivity contribution in [2.75, 3.05) is 26.9 Å². The normalized spacial score (nSPS) is 19.8. The molecule has 0 aromatic heterocycles. The maximum absolute atomic E-state index is 12.8. The quantitative estimate of drug-likeness (QED) is 0.506. The predicted octanol–water partition coefficient (Wildman–Crippen LogP) is 3.55. The monoisotopic (exact) mass is 480 g/mol. The van der Waals surface area contributed by atoms with Crippen LogP contribution >= 0.6 is 0 Å². The topological polar surface area (TPSA) is 114 Å². The maximum Gasteiger partial charge on any atom is 0.407 e. The summed E-state index contributed by atoms with van der Waals surface area (Å²) in [5.74, 6) is -1.91. The van der Waals surface area contributed by atoms with Gasteiger partial charge in [-0.1, -0.05) is 61.4 Å². The van der Waals surface area contributed by atoms with Crippen LogP contribution in [0.25, 0.3) is 11.1 Å². The maximum atomic E-state index is 12.8. The molecular weight excluding hydrogens is 448 g/mol. The van der Waals surface area contributed by atoms with Gasteiger partial charge in [-0.25, -0.2) is 9.59 Å². The van der Waals surface area contributed by atoms with Crippen molar-refractivity contribution < 1.29 is 29.0 Å². The van der Waals surface area contributed by atoms with E-state index in [1.54, 1.807) is 0 Å². The molecule has 0 aliphatic heterocycles. The summed E-state index contributed by atoms with van der Waals surface area (Å²) < 4.78 is 10.5. The van der Waals surface area contributed by atoms with Gasteiger partial charge >= 0.3 is 12.1 Å². The van der Waals surface area contributed by atoms with Crippen LogP contribution in [-0.2, 0) is 19.1 Å². The van der Waals surface area contributed by atoms with E-state index in [0.717, 1.165) is 30.4 Å². The van der Waals surface area contributed by atoms with Gasteiger partial charge in [-0.2, -0.15) is 0 Å². The highest BCUT2D eigenvalue weighted by atomic mass is 16.5. The number of carboxylic acids is 1. The first-order valence-electron chi connectivity index (χ1n) is 12.1. The number of amides is 2. The van der Waals surface area contributed by atoms with Crippen molar-refractivity contribution in [3.63, 3.8) is 0 Å². The van der Waals surface area contributed by atoms with Gasteiger partial charge in [0.25, 0.3) is 0 Å². The van der Waals surface area contributed by atoms with Crippen LogP contribution in [0, 0.1) is 11.8 Å². The average molecular weight is 481 g/mol. The van der Waals surface area contributed by atoms with Gasteiger partial charge in [0.1, 0.15) is 6.61 Å². The average Bonchev–Trinajstić information content (AvgIpc) is 3.19. The number of alkyl carbamates (subject to hydrolysis) is 1. The molecule has 2 amide bonds. The lowest BCUT2D eigenvalue weighted by Crippen LogP contribution is -2.49. The number of benzene rings is 2. The van der Waals surface area contributed by atoms with Gasteiger partial charge in [0.05, 0.1) is 6.61 Å². The number of hydrogen-bond donors (Lipinski definition) is 3. The molecule has 0 spiro atoms. The van der Waals surface area contributed by atoms with Crippen LogP contribution in [0.1, 0.15) is 42.7 Å². The highest BCUT2D eigenvalue weighted by Crippen LogP contribution is 2.44. The molecule has 0 heterocycles. The van der Waals surface area contributed by atoms with Crippen LogP contribution in [0.15, 0.2) is 48.5 Å². The number of hydrogen-bond acceptors (Lipinski definition) is 5. The number of fused-ring (bicyclic) bond motifs is 3. The number of carboxylic acid groups (broad SMARTS) is 1. The summed E-state index contributed by atoms with van der Waals surface area (Å²) >= 11 is 0. The van der Waals surface area contributed by atoms with E-state index in [1.165, 1.54) is 18.2 Å². The zero-order chi connectivity index (χ0) is 24.8. The van der Waals surface area contributed by atoms with Gasteiger partial charge in [0, 0.05) is 25.5 Å². The van der Waals surface area contributed by atoms with Crippen LogP contribution in [0.4, 0.5) is 4.79 Å². The number of nitrogens with one attached hydrogen (secondary N) is 2. The van der Waals surface area contributed by atoms with E-state index in [0.29, 0.717) is 13.0 Å². The first-order valence-corrected chi connectivity index (χ1v) is 12.1. The second-order valence-corrected chi connectivity index (χ2v) is 9.21. The smallest absolute Gasteiger partial charge is 0.407 e. The van der Waals surface area contributed by atoms with E-state index in [2.05, 4.69) is 34.9 Å². The molecule has 35 heavy (non-hydrogen) atoms. The van der Waals surface area contributed by atoms with Gasteiger partial charge in [-0.15, -0.1) is 0 Å². The van der Waals surface area contributed by atoms with E-state index in [4.69, 9.17) is 9.47 Å². The summed E-state index contributed by atoms with van der Waals surface area (Å²) in [6.07, 6.45) is 2.77. The highest BCUT2D eigenvalue weighted by molar-refractivity contribution is 5.85. The Bertz CT molecular complexity index is 1030. The molecule has 8 heteroatoms. The first-order chi connectivity index (χ1) is 17.0. The van der Waals surface area contributed by atoms with E-state index >= 15 is 0 Å². The van der Waals surface area contributed by atoms with E-state index in [-0.39, 0.29) is 36.9 Å². The second-order valence-electron chi connectivity index (χ2n) is 9.21. The standard InChI is InChI=1S/C27H32N2O6/c1-34-16-24(26(31)32)29-25(30)18-9-3-2-8-17(18)14-28-27(33)35-15-23-21-12-6-4-10-19(21)20-11-5-7-13-22(20)23/h4-7,10-13,17-18,23-24H,2-3,8-9,14-16H2,1H3,(H,28,33)(H,29,30)(H,31,32)/t17-,18-,24+/m1/s1. The molecule has 0 bridgehead atoms. The number of carbonyl (C=O) groups is 3. The second kappa shape index (κ2) is 11.4. The molecule has 2 aliphatic carbocycles. The molecule has 3 atom stereocenters. The minimum atomic E-state index is -1.13. The summed E-state index contributed by atoms with van der Waals surface area (Å²) in [5.41, 5.74) is 4.63. The summed E-state index contributed by atoms with van der Waals surface area (Å²) in [7, 11) is 1.39. The minimum absolute atomic E-state index is 0.0184. The SMILES string of the molecule is COC[C@H](NC(=O)[C@@H]1CCCC[C@@H]1CNC(=O)OCC1c2ccccc2-c2ccccc21)C(=O)O. The largest absolute Gasteiger partial charge is 0.480 e. The van der Waals surface area contributed by atoms with Crippen molar-refractivity contribution in [1.82, 2.24) is 10.6 Å². The molecule has 8 nitrogen and oxygen atoms in total. The van der Waals surface area contributed by atoms with Crippen molar-refractivity contribution in [3.05, 3.63) is 59.7 Å². The Morgan fingerprint density at radius 2 is 1.63 bits per heavy atom. The zero-order valence-electron chi connectivity index (χ0n) is 19.9.